The van der Waals surface area contributed by atoms with E-state index in [1.807, 2.05) is 6.07 Å². The maximum absolute atomic E-state index is 5.71. The Labute approximate surface area is 97.8 Å². The van der Waals surface area contributed by atoms with Crippen molar-refractivity contribution in [1.29, 1.82) is 0 Å². The molecule has 0 aliphatic heterocycles. The van der Waals surface area contributed by atoms with Crippen molar-refractivity contribution in [2.75, 3.05) is 13.7 Å². The summed E-state index contributed by atoms with van der Waals surface area (Å²) in [4.78, 5) is 0. The molecule has 1 aromatic carbocycles. The normalized spacial score (nSPS) is 25.4. The van der Waals surface area contributed by atoms with Gasteiger partial charge in [0.1, 0.15) is 5.75 Å². The van der Waals surface area contributed by atoms with Gasteiger partial charge in [-0.1, -0.05) is 12.1 Å². The van der Waals surface area contributed by atoms with Crippen LogP contribution in [0.4, 0.5) is 0 Å². The zero-order valence-corrected chi connectivity index (χ0v) is 9.99. The number of hydrogen-bond donors (Lipinski definition) is 1. The molecule has 1 fully saturated rings. The van der Waals surface area contributed by atoms with Gasteiger partial charge in [0.25, 0.3) is 0 Å². The molecule has 0 saturated heterocycles. The molecule has 16 heavy (non-hydrogen) atoms. The van der Waals surface area contributed by atoms with E-state index in [-0.39, 0.29) is 0 Å². The summed E-state index contributed by atoms with van der Waals surface area (Å²) in [5.74, 6) is 2.43. The van der Waals surface area contributed by atoms with Crippen LogP contribution in [0.15, 0.2) is 24.3 Å². The van der Waals surface area contributed by atoms with Gasteiger partial charge in [0, 0.05) is 0 Å². The predicted molar refractivity (Wildman–Crippen MR) is 66.7 cm³/mol. The molecule has 1 saturated carbocycles. The Morgan fingerprint density at radius 3 is 2.62 bits per heavy atom. The minimum Gasteiger partial charge on any atom is -0.497 e. The van der Waals surface area contributed by atoms with Crippen LogP contribution in [-0.4, -0.2) is 13.7 Å². The Bertz CT molecular complexity index is 329. The number of ether oxygens (including phenoxy) is 1. The van der Waals surface area contributed by atoms with Crippen LogP contribution in [-0.2, 0) is 0 Å². The fraction of sp³-hybridized carbons (Fsp3) is 0.571. The van der Waals surface area contributed by atoms with Crippen LogP contribution < -0.4 is 10.5 Å². The van der Waals surface area contributed by atoms with E-state index in [1.54, 1.807) is 7.11 Å². The zero-order valence-electron chi connectivity index (χ0n) is 9.99. The van der Waals surface area contributed by atoms with Crippen molar-refractivity contribution in [1.82, 2.24) is 0 Å². The van der Waals surface area contributed by atoms with Gasteiger partial charge < -0.3 is 10.5 Å². The van der Waals surface area contributed by atoms with Crippen LogP contribution in [0.1, 0.15) is 37.2 Å². The molecule has 0 bridgehead atoms. The van der Waals surface area contributed by atoms with E-state index >= 15 is 0 Å². The molecular formula is C14H21NO. The third-order valence-electron chi connectivity index (χ3n) is 3.75. The van der Waals surface area contributed by atoms with Gasteiger partial charge in [0.15, 0.2) is 0 Å². The first-order chi connectivity index (χ1) is 7.83. The molecule has 0 heterocycles. The number of rotatable bonds is 3. The molecule has 2 nitrogen and oxygen atoms in total. The van der Waals surface area contributed by atoms with Crippen LogP contribution in [0.2, 0.25) is 0 Å². The summed E-state index contributed by atoms with van der Waals surface area (Å²) in [5.41, 5.74) is 7.14. The Kier molecular flexibility index (Phi) is 3.83. The Morgan fingerprint density at radius 1 is 1.25 bits per heavy atom. The van der Waals surface area contributed by atoms with Crippen molar-refractivity contribution in [3.63, 3.8) is 0 Å². The lowest BCUT2D eigenvalue weighted by Gasteiger charge is -2.28. The molecule has 0 spiro atoms. The van der Waals surface area contributed by atoms with Gasteiger partial charge in [-0.25, -0.2) is 0 Å². The largest absolute Gasteiger partial charge is 0.497 e. The SMILES string of the molecule is COc1cccc(C2CCC(CN)CC2)c1. The number of hydrogen-bond acceptors (Lipinski definition) is 2. The van der Waals surface area contributed by atoms with Crippen LogP contribution >= 0.6 is 0 Å². The first-order valence-corrected chi connectivity index (χ1v) is 6.17. The summed E-state index contributed by atoms with van der Waals surface area (Å²) >= 11 is 0. The van der Waals surface area contributed by atoms with E-state index in [0.29, 0.717) is 5.92 Å². The minimum absolute atomic E-state index is 0.706. The minimum atomic E-state index is 0.706. The highest BCUT2D eigenvalue weighted by Gasteiger charge is 2.21. The maximum atomic E-state index is 5.71. The van der Waals surface area contributed by atoms with Gasteiger partial charge in [-0.05, 0) is 61.8 Å². The molecule has 1 aromatic rings. The van der Waals surface area contributed by atoms with Gasteiger partial charge in [-0.15, -0.1) is 0 Å². The van der Waals surface area contributed by atoms with Gasteiger partial charge >= 0.3 is 0 Å². The third kappa shape index (κ3) is 2.56. The average molecular weight is 219 g/mol. The van der Waals surface area contributed by atoms with Crippen molar-refractivity contribution in [2.45, 2.75) is 31.6 Å². The van der Waals surface area contributed by atoms with E-state index in [9.17, 15) is 0 Å². The molecule has 88 valence electrons. The van der Waals surface area contributed by atoms with Crippen LogP contribution in [0.3, 0.4) is 0 Å². The van der Waals surface area contributed by atoms with E-state index in [0.717, 1.165) is 18.2 Å². The first kappa shape index (κ1) is 11.5. The van der Waals surface area contributed by atoms with Crippen molar-refractivity contribution in [2.24, 2.45) is 11.7 Å². The molecule has 2 rings (SSSR count). The maximum Gasteiger partial charge on any atom is 0.119 e. The molecule has 0 unspecified atom stereocenters. The molecule has 2 heteroatoms. The highest BCUT2D eigenvalue weighted by molar-refractivity contribution is 5.31. The molecule has 1 aliphatic rings. The van der Waals surface area contributed by atoms with Crippen molar-refractivity contribution in [3.05, 3.63) is 29.8 Å². The second kappa shape index (κ2) is 5.35. The fourth-order valence-electron chi connectivity index (χ4n) is 2.63. The Hall–Kier alpha value is -1.02. The second-order valence-corrected chi connectivity index (χ2v) is 4.73. The number of nitrogens with two attached hydrogens (primary N) is 1. The highest BCUT2D eigenvalue weighted by Crippen LogP contribution is 2.36. The van der Waals surface area contributed by atoms with Crippen molar-refractivity contribution in [3.8, 4) is 5.75 Å². The molecule has 2 N–H and O–H groups in total. The zero-order chi connectivity index (χ0) is 11.4. The highest BCUT2D eigenvalue weighted by atomic mass is 16.5. The average Bonchev–Trinajstić information content (AvgIpc) is 2.39. The van der Waals surface area contributed by atoms with E-state index in [2.05, 4.69) is 18.2 Å². The summed E-state index contributed by atoms with van der Waals surface area (Å²) in [6.07, 6.45) is 5.10. The van der Waals surface area contributed by atoms with Crippen molar-refractivity contribution < 1.29 is 4.74 Å². The Balaban J connectivity index is 2.02. The summed E-state index contributed by atoms with van der Waals surface area (Å²) in [7, 11) is 1.73. The van der Waals surface area contributed by atoms with Crippen LogP contribution in [0.25, 0.3) is 0 Å². The van der Waals surface area contributed by atoms with Gasteiger partial charge in [0.2, 0.25) is 0 Å². The lowest BCUT2D eigenvalue weighted by Crippen LogP contribution is -2.20. The summed E-state index contributed by atoms with van der Waals surface area (Å²) in [5, 5.41) is 0. The first-order valence-electron chi connectivity index (χ1n) is 6.17. The van der Waals surface area contributed by atoms with E-state index in [1.165, 1.54) is 31.2 Å². The smallest absolute Gasteiger partial charge is 0.119 e. The molecule has 0 radical (unpaired) electrons. The Morgan fingerprint density at radius 2 is 2.00 bits per heavy atom. The lowest BCUT2D eigenvalue weighted by atomic mass is 9.79. The van der Waals surface area contributed by atoms with E-state index < -0.39 is 0 Å². The topological polar surface area (TPSA) is 35.2 Å². The lowest BCUT2D eigenvalue weighted by molar-refractivity contribution is 0.332. The predicted octanol–water partition coefficient (Wildman–Crippen LogP) is 2.93. The van der Waals surface area contributed by atoms with Gasteiger partial charge in [-0.2, -0.15) is 0 Å². The fourth-order valence-corrected chi connectivity index (χ4v) is 2.63. The third-order valence-corrected chi connectivity index (χ3v) is 3.75. The molecule has 1 aliphatic carbocycles. The molecular weight excluding hydrogens is 198 g/mol. The van der Waals surface area contributed by atoms with Crippen LogP contribution in [0, 0.1) is 5.92 Å². The molecule has 0 atom stereocenters. The quantitative estimate of drug-likeness (QED) is 0.848. The van der Waals surface area contributed by atoms with Crippen molar-refractivity contribution >= 4 is 0 Å². The summed E-state index contributed by atoms with van der Waals surface area (Å²) in [6.45, 7) is 0.852. The van der Waals surface area contributed by atoms with Gasteiger partial charge in [0.05, 0.1) is 7.11 Å². The summed E-state index contributed by atoms with van der Waals surface area (Å²) < 4.78 is 5.27. The van der Waals surface area contributed by atoms with Crippen LogP contribution in [0.5, 0.6) is 5.75 Å². The monoisotopic (exact) mass is 219 g/mol. The second-order valence-electron chi connectivity index (χ2n) is 4.73. The van der Waals surface area contributed by atoms with E-state index in [4.69, 9.17) is 10.5 Å². The molecule has 0 aromatic heterocycles. The van der Waals surface area contributed by atoms with Gasteiger partial charge in [-0.3, -0.25) is 0 Å². The number of benzene rings is 1. The number of methoxy groups -OCH3 is 1. The summed E-state index contributed by atoms with van der Waals surface area (Å²) in [6, 6.07) is 8.49. The molecule has 0 amide bonds. The standard InChI is InChI=1S/C14H21NO/c1-16-14-4-2-3-13(9-14)12-7-5-11(10-15)6-8-12/h2-4,9,11-12H,5-8,10,15H2,1H3.